The van der Waals surface area contributed by atoms with E-state index in [9.17, 15) is 13.6 Å². The molecule has 0 aliphatic carbocycles. The van der Waals surface area contributed by atoms with Gasteiger partial charge in [-0.15, -0.1) is 0 Å². The molecule has 3 nitrogen and oxygen atoms in total. The minimum atomic E-state index is -0.992. The summed E-state index contributed by atoms with van der Waals surface area (Å²) in [5, 5.41) is 4.41. The van der Waals surface area contributed by atoms with Gasteiger partial charge in [-0.3, -0.25) is 9.78 Å². The van der Waals surface area contributed by atoms with Gasteiger partial charge in [0.1, 0.15) is 0 Å². The molecular formula is C17H12F2N2O. The van der Waals surface area contributed by atoms with E-state index in [-0.39, 0.29) is 12.0 Å². The van der Waals surface area contributed by atoms with Crippen LogP contribution in [0.25, 0.3) is 10.8 Å². The molecule has 0 atom stereocenters. The molecule has 0 fully saturated rings. The number of hydrogen-bond donors (Lipinski definition) is 1. The molecule has 0 aliphatic rings. The molecule has 1 aromatic heterocycles. The van der Waals surface area contributed by atoms with Gasteiger partial charge >= 0.3 is 0 Å². The highest BCUT2D eigenvalue weighted by Gasteiger charge is 2.12. The quantitative estimate of drug-likeness (QED) is 0.801. The van der Waals surface area contributed by atoms with Crippen LogP contribution in [-0.4, -0.2) is 10.9 Å². The van der Waals surface area contributed by atoms with Crippen LogP contribution in [0, 0.1) is 11.6 Å². The van der Waals surface area contributed by atoms with E-state index in [0.717, 1.165) is 16.8 Å². The SMILES string of the molecule is O=C(Cc1cccc(F)c1F)Nc1cncc2ccccc12. The Morgan fingerprint density at radius 1 is 1.05 bits per heavy atom. The Morgan fingerprint density at radius 3 is 2.73 bits per heavy atom. The number of carbonyl (C=O) groups is 1. The van der Waals surface area contributed by atoms with Gasteiger partial charge in [-0.2, -0.15) is 0 Å². The van der Waals surface area contributed by atoms with Crippen molar-refractivity contribution in [1.82, 2.24) is 4.98 Å². The number of aromatic nitrogens is 1. The van der Waals surface area contributed by atoms with E-state index in [1.807, 2.05) is 24.3 Å². The lowest BCUT2D eigenvalue weighted by atomic mass is 10.1. The molecule has 110 valence electrons. The van der Waals surface area contributed by atoms with Gasteiger partial charge in [0.25, 0.3) is 0 Å². The Balaban J connectivity index is 1.83. The Kier molecular flexibility index (Phi) is 3.78. The number of nitrogens with zero attached hydrogens (tertiary/aromatic N) is 1. The summed E-state index contributed by atoms with van der Waals surface area (Å²) in [7, 11) is 0. The van der Waals surface area contributed by atoms with Crippen molar-refractivity contribution < 1.29 is 13.6 Å². The highest BCUT2D eigenvalue weighted by Crippen LogP contribution is 2.22. The van der Waals surface area contributed by atoms with E-state index < -0.39 is 17.5 Å². The fourth-order valence-electron chi connectivity index (χ4n) is 2.27. The minimum absolute atomic E-state index is 0.0192. The van der Waals surface area contributed by atoms with Crippen molar-refractivity contribution in [1.29, 1.82) is 0 Å². The topological polar surface area (TPSA) is 42.0 Å². The first-order valence-corrected chi connectivity index (χ1v) is 6.70. The number of hydrogen-bond acceptors (Lipinski definition) is 2. The zero-order valence-corrected chi connectivity index (χ0v) is 11.5. The van der Waals surface area contributed by atoms with Crippen LogP contribution in [0.3, 0.4) is 0 Å². The van der Waals surface area contributed by atoms with Crippen LogP contribution in [0.2, 0.25) is 0 Å². The molecule has 3 rings (SSSR count). The Hall–Kier alpha value is -2.82. The highest BCUT2D eigenvalue weighted by molar-refractivity contribution is 6.02. The summed E-state index contributed by atoms with van der Waals surface area (Å²) in [5.74, 6) is -2.38. The van der Waals surface area contributed by atoms with E-state index in [1.165, 1.54) is 18.3 Å². The first-order valence-electron chi connectivity index (χ1n) is 6.70. The van der Waals surface area contributed by atoms with Gasteiger partial charge in [0.2, 0.25) is 5.91 Å². The zero-order chi connectivity index (χ0) is 15.5. The lowest BCUT2D eigenvalue weighted by Gasteiger charge is -2.09. The fourth-order valence-corrected chi connectivity index (χ4v) is 2.27. The van der Waals surface area contributed by atoms with Gasteiger partial charge in [0.05, 0.1) is 18.3 Å². The number of pyridine rings is 1. The molecule has 0 spiro atoms. The molecule has 0 bridgehead atoms. The summed E-state index contributed by atoms with van der Waals surface area (Å²) in [5.41, 5.74) is 0.561. The maximum absolute atomic E-state index is 13.6. The van der Waals surface area contributed by atoms with Crippen molar-refractivity contribution in [3.8, 4) is 0 Å². The molecule has 1 heterocycles. The third-order valence-corrected chi connectivity index (χ3v) is 3.32. The molecule has 0 saturated heterocycles. The van der Waals surface area contributed by atoms with E-state index in [1.54, 1.807) is 6.20 Å². The summed E-state index contributed by atoms with van der Waals surface area (Å²) in [6.07, 6.45) is 2.98. The summed E-state index contributed by atoms with van der Waals surface area (Å²) in [6.45, 7) is 0. The molecule has 1 amide bonds. The Bertz CT molecular complexity index is 844. The predicted octanol–water partition coefficient (Wildman–Crippen LogP) is 3.69. The highest BCUT2D eigenvalue weighted by atomic mass is 19.2. The average Bonchev–Trinajstić information content (AvgIpc) is 2.52. The van der Waals surface area contributed by atoms with Crippen LogP contribution in [0.4, 0.5) is 14.5 Å². The fraction of sp³-hybridized carbons (Fsp3) is 0.0588. The maximum atomic E-state index is 13.6. The normalized spacial score (nSPS) is 10.6. The summed E-state index contributed by atoms with van der Waals surface area (Å²) in [4.78, 5) is 16.1. The van der Waals surface area contributed by atoms with E-state index in [4.69, 9.17) is 0 Å². The van der Waals surface area contributed by atoms with Crippen molar-refractivity contribution in [3.05, 3.63) is 72.1 Å². The summed E-state index contributed by atoms with van der Waals surface area (Å²) in [6, 6.07) is 11.2. The number of halogens is 2. The second-order valence-electron chi connectivity index (χ2n) is 4.85. The van der Waals surface area contributed by atoms with Gasteiger partial charge in [-0.1, -0.05) is 36.4 Å². The second kappa shape index (κ2) is 5.89. The summed E-state index contributed by atoms with van der Waals surface area (Å²) >= 11 is 0. The Labute approximate surface area is 125 Å². The standard InChI is InChI=1S/C17H12F2N2O/c18-14-7-3-5-11(17(14)19)8-16(22)21-15-10-20-9-12-4-1-2-6-13(12)15/h1-7,9-10H,8H2,(H,21,22). The minimum Gasteiger partial charge on any atom is -0.324 e. The van der Waals surface area contributed by atoms with Gasteiger partial charge in [-0.05, 0) is 6.07 Å². The van der Waals surface area contributed by atoms with Crippen LogP contribution in [-0.2, 0) is 11.2 Å². The van der Waals surface area contributed by atoms with Gasteiger partial charge in [-0.25, -0.2) is 8.78 Å². The van der Waals surface area contributed by atoms with Crippen molar-refractivity contribution in [3.63, 3.8) is 0 Å². The predicted molar refractivity (Wildman–Crippen MR) is 80.4 cm³/mol. The number of nitrogens with one attached hydrogen (secondary N) is 1. The van der Waals surface area contributed by atoms with Crippen molar-refractivity contribution >= 4 is 22.4 Å². The van der Waals surface area contributed by atoms with Crippen molar-refractivity contribution in [2.24, 2.45) is 0 Å². The largest absolute Gasteiger partial charge is 0.324 e. The van der Waals surface area contributed by atoms with Crippen LogP contribution < -0.4 is 5.32 Å². The van der Waals surface area contributed by atoms with Crippen LogP contribution >= 0.6 is 0 Å². The molecule has 0 saturated carbocycles. The molecule has 5 heteroatoms. The van der Waals surface area contributed by atoms with Crippen LogP contribution in [0.15, 0.2) is 54.9 Å². The number of anilines is 1. The number of amides is 1. The van der Waals surface area contributed by atoms with Gasteiger partial charge in [0.15, 0.2) is 11.6 Å². The average molecular weight is 298 g/mol. The number of carbonyl (C=O) groups excluding carboxylic acids is 1. The zero-order valence-electron chi connectivity index (χ0n) is 11.5. The molecule has 0 radical (unpaired) electrons. The van der Waals surface area contributed by atoms with Gasteiger partial charge in [0, 0.05) is 22.5 Å². The first-order chi connectivity index (χ1) is 10.6. The number of benzene rings is 2. The van der Waals surface area contributed by atoms with Crippen molar-refractivity contribution in [2.75, 3.05) is 5.32 Å². The third-order valence-electron chi connectivity index (χ3n) is 3.32. The molecule has 0 unspecified atom stereocenters. The van der Waals surface area contributed by atoms with Crippen LogP contribution in [0.1, 0.15) is 5.56 Å². The summed E-state index contributed by atoms with van der Waals surface area (Å²) < 4.78 is 26.7. The molecule has 3 aromatic rings. The third kappa shape index (κ3) is 2.79. The Morgan fingerprint density at radius 2 is 1.86 bits per heavy atom. The van der Waals surface area contributed by atoms with Crippen molar-refractivity contribution in [2.45, 2.75) is 6.42 Å². The maximum Gasteiger partial charge on any atom is 0.228 e. The molecule has 1 N–H and O–H groups in total. The first kappa shape index (κ1) is 14.1. The molecule has 0 aliphatic heterocycles. The van der Waals surface area contributed by atoms with E-state index in [2.05, 4.69) is 10.3 Å². The molecule has 22 heavy (non-hydrogen) atoms. The van der Waals surface area contributed by atoms with Crippen LogP contribution in [0.5, 0.6) is 0 Å². The molecular weight excluding hydrogens is 286 g/mol. The lowest BCUT2D eigenvalue weighted by Crippen LogP contribution is -2.16. The monoisotopic (exact) mass is 298 g/mol. The second-order valence-corrected chi connectivity index (χ2v) is 4.85. The van der Waals surface area contributed by atoms with Gasteiger partial charge < -0.3 is 5.32 Å². The number of rotatable bonds is 3. The lowest BCUT2D eigenvalue weighted by molar-refractivity contribution is -0.115. The van der Waals surface area contributed by atoms with E-state index >= 15 is 0 Å². The van der Waals surface area contributed by atoms with E-state index in [0.29, 0.717) is 5.69 Å². The molecule has 2 aromatic carbocycles. The smallest absolute Gasteiger partial charge is 0.228 e. The number of fused-ring (bicyclic) bond motifs is 1.